The number of halogens is 2. The van der Waals surface area contributed by atoms with Gasteiger partial charge in [-0.3, -0.25) is 0 Å². The summed E-state index contributed by atoms with van der Waals surface area (Å²) in [5.41, 5.74) is 7.67. The fraction of sp³-hybridized carbons (Fsp3) is 0.308. The average molecular weight is 284 g/mol. The Balaban J connectivity index is 2.36. The second-order valence-corrected chi connectivity index (χ2v) is 5.06. The van der Waals surface area contributed by atoms with Crippen molar-refractivity contribution in [3.05, 3.63) is 34.6 Å². The van der Waals surface area contributed by atoms with E-state index in [-0.39, 0.29) is 0 Å². The second-order valence-electron chi connectivity index (χ2n) is 4.18. The van der Waals surface area contributed by atoms with E-state index in [2.05, 4.69) is 11.9 Å². The van der Waals surface area contributed by atoms with E-state index in [0.717, 1.165) is 30.6 Å². The summed E-state index contributed by atoms with van der Waals surface area (Å²) >= 11 is 12.0. The van der Waals surface area contributed by atoms with Crippen LogP contribution in [0.2, 0.25) is 10.0 Å². The summed E-state index contributed by atoms with van der Waals surface area (Å²) in [4.78, 5) is 4.34. The van der Waals surface area contributed by atoms with Gasteiger partial charge in [0.2, 0.25) is 0 Å². The highest BCUT2D eigenvalue weighted by Gasteiger charge is 2.10. The zero-order valence-electron chi connectivity index (χ0n) is 10.2. The molecule has 0 aliphatic rings. The van der Waals surface area contributed by atoms with Gasteiger partial charge in [0, 0.05) is 22.2 Å². The van der Waals surface area contributed by atoms with Crippen LogP contribution in [0.25, 0.3) is 11.3 Å². The second kappa shape index (κ2) is 5.63. The van der Waals surface area contributed by atoms with E-state index in [0.29, 0.717) is 15.9 Å². The third-order valence-electron chi connectivity index (χ3n) is 2.77. The minimum Gasteiger partial charge on any atom is -0.383 e. The van der Waals surface area contributed by atoms with Crippen molar-refractivity contribution < 1.29 is 0 Å². The molecule has 0 aliphatic carbocycles. The van der Waals surface area contributed by atoms with Crippen molar-refractivity contribution in [2.45, 2.75) is 26.3 Å². The van der Waals surface area contributed by atoms with Gasteiger partial charge in [0.15, 0.2) is 0 Å². The molecule has 0 fully saturated rings. The Labute approximate surface area is 117 Å². The van der Waals surface area contributed by atoms with Crippen LogP contribution in [0.5, 0.6) is 0 Å². The predicted octanol–water partition coefficient (Wildman–Crippen LogP) is 4.24. The van der Waals surface area contributed by atoms with Crippen LogP contribution in [0, 0.1) is 0 Å². The summed E-state index contributed by atoms with van der Waals surface area (Å²) in [5.74, 6) is 0.654. The summed E-state index contributed by atoms with van der Waals surface area (Å²) in [7, 11) is 0. The van der Waals surface area contributed by atoms with Gasteiger partial charge < -0.3 is 10.3 Å². The SMILES string of the molecule is CCCCn1cnc(-c2cc(Cl)cc(Cl)c2)c1N. The van der Waals surface area contributed by atoms with E-state index >= 15 is 0 Å². The minimum absolute atomic E-state index is 0.583. The molecule has 0 saturated carbocycles. The minimum atomic E-state index is 0.583. The van der Waals surface area contributed by atoms with E-state index in [9.17, 15) is 0 Å². The number of anilines is 1. The molecule has 0 radical (unpaired) electrons. The van der Waals surface area contributed by atoms with E-state index in [1.165, 1.54) is 0 Å². The Morgan fingerprint density at radius 2 is 1.89 bits per heavy atom. The topological polar surface area (TPSA) is 43.8 Å². The molecule has 0 atom stereocenters. The molecule has 96 valence electrons. The van der Waals surface area contributed by atoms with Crippen molar-refractivity contribution in [1.82, 2.24) is 9.55 Å². The Morgan fingerprint density at radius 1 is 1.22 bits per heavy atom. The maximum absolute atomic E-state index is 6.09. The van der Waals surface area contributed by atoms with Crippen molar-refractivity contribution in [3.8, 4) is 11.3 Å². The molecule has 0 bridgehead atoms. The molecule has 0 spiro atoms. The first kappa shape index (κ1) is 13.2. The molecule has 0 aliphatic heterocycles. The first-order valence-corrected chi connectivity index (χ1v) is 6.64. The molecule has 3 nitrogen and oxygen atoms in total. The van der Waals surface area contributed by atoms with Gasteiger partial charge in [-0.05, 0) is 24.6 Å². The van der Waals surface area contributed by atoms with Crippen molar-refractivity contribution >= 4 is 29.0 Å². The van der Waals surface area contributed by atoms with Gasteiger partial charge in [-0.2, -0.15) is 0 Å². The Hall–Kier alpha value is -1.19. The van der Waals surface area contributed by atoms with Crippen LogP contribution in [-0.2, 0) is 6.54 Å². The molecule has 2 aromatic rings. The van der Waals surface area contributed by atoms with Crippen LogP contribution >= 0.6 is 23.2 Å². The summed E-state index contributed by atoms with van der Waals surface area (Å²) in [6.07, 6.45) is 3.96. The summed E-state index contributed by atoms with van der Waals surface area (Å²) in [5, 5.41) is 1.17. The monoisotopic (exact) mass is 283 g/mol. The Bertz CT molecular complexity index is 529. The average Bonchev–Trinajstić information content (AvgIpc) is 2.67. The van der Waals surface area contributed by atoms with Gasteiger partial charge in [0.25, 0.3) is 0 Å². The van der Waals surface area contributed by atoms with Crippen LogP contribution in [0.1, 0.15) is 19.8 Å². The highest BCUT2D eigenvalue weighted by molar-refractivity contribution is 6.35. The Kier molecular flexibility index (Phi) is 4.15. The van der Waals surface area contributed by atoms with Crippen molar-refractivity contribution in [2.75, 3.05) is 5.73 Å². The zero-order chi connectivity index (χ0) is 13.1. The van der Waals surface area contributed by atoms with E-state index in [4.69, 9.17) is 28.9 Å². The maximum Gasteiger partial charge on any atom is 0.131 e. The highest BCUT2D eigenvalue weighted by Crippen LogP contribution is 2.29. The third kappa shape index (κ3) is 2.79. The summed E-state index contributed by atoms with van der Waals surface area (Å²) < 4.78 is 1.95. The molecule has 0 amide bonds. The first-order valence-electron chi connectivity index (χ1n) is 5.89. The molecule has 1 aromatic heterocycles. The van der Waals surface area contributed by atoms with Gasteiger partial charge in [-0.15, -0.1) is 0 Å². The van der Waals surface area contributed by atoms with Crippen molar-refractivity contribution in [1.29, 1.82) is 0 Å². The van der Waals surface area contributed by atoms with E-state index < -0.39 is 0 Å². The normalized spacial score (nSPS) is 10.8. The van der Waals surface area contributed by atoms with Gasteiger partial charge in [-0.25, -0.2) is 4.98 Å². The van der Waals surface area contributed by atoms with Crippen molar-refractivity contribution in [2.24, 2.45) is 0 Å². The standard InChI is InChI=1S/C13H15Cl2N3/c1-2-3-4-18-8-17-12(13(18)16)9-5-10(14)7-11(15)6-9/h5-8H,2-4,16H2,1H3. The number of rotatable bonds is 4. The lowest BCUT2D eigenvalue weighted by atomic mass is 10.1. The number of hydrogen-bond donors (Lipinski definition) is 1. The lowest BCUT2D eigenvalue weighted by molar-refractivity contribution is 0.637. The van der Waals surface area contributed by atoms with Crippen LogP contribution < -0.4 is 5.73 Å². The molecule has 18 heavy (non-hydrogen) atoms. The lowest BCUT2D eigenvalue weighted by Crippen LogP contribution is -2.02. The molecule has 1 heterocycles. The van der Waals surface area contributed by atoms with Crippen LogP contribution in [0.15, 0.2) is 24.5 Å². The summed E-state index contributed by atoms with van der Waals surface area (Å²) in [6, 6.07) is 5.32. The van der Waals surface area contributed by atoms with Gasteiger partial charge in [0.05, 0.1) is 6.33 Å². The number of nitrogens with zero attached hydrogens (tertiary/aromatic N) is 2. The molecule has 0 saturated heterocycles. The quantitative estimate of drug-likeness (QED) is 0.912. The number of aryl methyl sites for hydroxylation is 1. The van der Waals surface area contributed by atoms with Crippen LogP contribution in [0.4, 0.5) is 5.82 Å². The molecule has 5 heteroatoms. The molecular formula is C13H15Cl2N3. The van der Waals surface area contributed by atoms with E-state index in [1.807, 2.05) is 16.7 Å². The number of benzene rings is 1. The molecule has 0 unspecified atom stereocenters. The van der Waals surface area contributed by atoms with Crippen LogP contribution in [0.3, 0.4) is 0 Å². The first-order chi connectivity index (χ1) is 8.61. The smallest absolute Gasteiger partial charge is 0.131 e. The highest BCUT2D eigenvalue weighted by atomic mass is 35.5. The fourth-order valence-corrected chi connectivity index (χ4v) is 2.34. The lowest BCUT2D eigenvalue weighted by Gasteiger charge is -2.05. The van der Waals surface area contributed by atoms with Crippen LogP contribution in [-0.4, -0.2) is 9.55 Å². The molecule has 1 aromatic carbocycles. The van der Waals surface area contributed by atoms with Gasteiger partial charge in [0.1, 0.15) is 11.5 Å². The van der Waals surface area contributed by atoms with Gasteiger partial charge in [-0.1, -0.05) is 36.5 Å². The molecule has 2 N–H and O–H groups in total. The number of nitrogen functional groups attached to an aromatic ring is 1. The number of nitrogens with two attached hydrogens (primary N) is 1. The summed E-state index contributed by atoms with van der Waals surface area (Å²) in [6.45, 7) is 3.02. The maximum atomic E-state index is 6.09. The van der Waals surface area contributed by atoms with Crippen molar-refractivity contribution in [3.63, 3.8) is 0 Å². The predicted molar refractivity (Wildman–Crippen MR) is 77.0 cm³/mol. The largest absolute Gasteiger partial charge is 0.383 e. The fourth-order valence-electron chi connectivity index (χ4n) is 1.81. The number of hydrogen-bond acceptors (Lipinski definition) is 2. The third-order valence-corrected chi connectivity index (χ3v) is 3.20. The van der Waals surface area contributed by atoms with Gasteiger partial charge >= 0.3 is 0 Å². The zero-order valence-corrected chi connectivity index (χ0v) is 11.7. The number of imidazole rings is 1. The Morgan fingerprint density at radius 3 is 2.50 bits per heavy atom. The number of unbranched alkanes of at least 4 members (excludes halogenated alkanes) is 1. The molecular weight excluding hydrogens is 269 g/mol. The number of aromatic nitrogens is 2. The molecule has 2 rings (SSSR count). The van der Waals surface area contributed by atoms with E-state index in [1.54, 1.807) is 12.4 Å².